The normalized spacial score (nSPS) is 18.5. The lowest BCUT2D eigenvalue weighted by Gasteiger charge is -2.28. The zero-order valence-electron chi connectivity index (χ0n) is 21.7. The van der Waals surface area contributed by atoms with Crippen molar-refractivity contribution in [1.82, 2.24) is 4.98 Å². The van der Waals surface area contributed by atoms with E-state index >= 15 is 0 Å². The first-order valence-corrected chi connectivity index (χ1v) is 14.3. The fraction of sp³-hybridized carbons (Fsp3) is 0.656. The third kappa shape index (κ3) is 9.63. The maximum Gasteiger partial charge on any atom is 0.0702 e. The molecule has 0 aliphatic heterocycles. The molecule has 182 valence electrons. The van der Waals surface area contributed by atoms with Gasteiger partial charge in [-0.2, -0.15) is 0 Å². The molecule has 1 aromatic heterocycles. The summed E-state index contributed by atoms with van der Waals surface area (Å²) >= 11 is 0. The van der Waals surface area contributed by atoms with Crippen molar-refractivity contribution >= 4 is 0 Å². The number of aryl methyl sites for hydroxylation is 2. The van der Waals surface area contributed by atoms with E-state index in [0.29, 0.717) is 0 Å². The first-order valence-electron chi connectivity index (χ1n) is 14.3. The molecule has 0 bridgehead atoms. The number of hydrogen-bond donors (Lipinski definition) is 0. The second-order valence-corrected chi connectivity index (χ2v) is 10.7. The lowest BCUT2D eigenvalue weighted by molar-refractivity contribution is 0.249. The predicted molar refractivity (Wildman–Crippen MR) is 145 cm³/mol. The summed E-state index contributed by atoms with van der Waals surface area (Å²) in [5, 5.41) is 0. The summed E-state index contributed by atoms with van der Waals surface area (Å²) in [5.41, 5.74) is 5.22. The summed E-state index contributed by atoms with van der Waals surface area (Å²) in [4.78, 5) is 4.75. The van der Waals surface area contributed by atoms with Crippen LogP contribution in [0.2, 0.25) is 0 Å². The van der Waals surface area contributed by atoms with E-state index in [1.54, 1.807) is 0 Å². The Morgan fingerprint density at radius 3 is 1.85 bits per heavy atom. The van der Waals surface area contributed by atoms with Crippen LogP contribution >= 0.6 is 0 Å². The van der Waals surface area contributed by atoms with Crippen molar-refractivity contribution in [2.75, 3.05) is 0 Å². The van der Waals surface area contributed by atoms with Crippen LogP contribution in [-0.2, 0) is 12.8 Å². The van der Waals surface area contributed by atoms with Crippen LogP contribution in [0.1, 0.15) is 121 Å². The number of rotatable bonds is 15. The molecule has 0 spiro atoms. The number of hydrogen-bond acceptors (Lipinski definition) is 1. The highest BCUT2D eigenvalue weighted by Crippen LogP contribution is 2.34. The quantitative estimate of drug-likeness (QED) is 0.247. The van der Waals surface area contributed by atoms with E-state index in [1.807, 2.05) is 0 Å². The molecule has 1 heterocycles. The molecule has 3 rings (SSSR count). The number of unbranched alkanes of at least 4 members (excludes halogenated alkanes) is 7. The van der Waals surface area contributed by atoms with Crippen LogP contribution in [0.3, 0.4) is 0 Å². The lowest BCUT2D eigenvalue weighted by Crippen LogP contribution is -2.15. The van der Waals surface area contributed by atoms with Gasteiger partial charge in [0.1, 0.15) is 0 Å². The van der Waals surface area contributed by atoms with Gasteiger partial charge in [0, 0.05) is 11.8 Å². The minimum atomic E-state index is 0.952. The van der Waals surface area contributed by atoms with Crippen LogP contribution in [-0.4, -0.2) is 4.98 Å². The van der Waals surface area contributed by atoms with Gasteiger partial charge in [0.25, 0.3) is 0 Å². The van der Waals surface area contributed by atoms with Gasteiger partial charge in [0.15, 0.2) is 0 Å². The highest BCUT2D eigenvalue weighted by Gasteiger charge is 2.20. The maximum absolute atomic E-state index is 4.75. The monoisotopic (exact) mass is 447 g/mol. The van der Waals surface area contributed by atoms with E-state index in [2.05, 4.69) is 56.4 Å². The van der Waals surface area contributed by atoms with E-state index in [4.69, 9.17) is 4.98 Å². The Labute approximate surface area is 204 Å². The Morgan fingerprint density at radius 2 is 1.21 bits per heavy atom. The van der Waals surface area contributed by atoms with Crippen LogP contribution in [0.25, 0.3) is 11.3 Å². The van der Waals surface area contributed by atoms with E-state index in [1.165, 1.54) is 119 Å². The van der Waals surface area contributed by atoms with Gasteiger partial charge in [-0.15, -0.1) is 0 Å². The van der Waals surface area contributed by atoms with Gasteiger partial charge in [-0.3, -0.25) is 4.98 Å². The summed E-state index contributed by atoms with van der Waals surface area (Å²) in [6.45, 7) is 4.58. The van der Waals surface area contributed by atoms with Crippen LogP contribution in [0.15, 0.2) is 42.6 Å². The Balaban J connectivity index is 1.35. The summed E-state index contributed by atoms with van der Waals surface area (Å²) in [5.74, 6) is 1.98. The summed E-state index contributed by atoms with van der Waals surface area (Å²) < 4.78 is 0. The van der Waals surface area contributed by atoms with Crippen molar-refractivity contribution in [3.05, 3.63) is 53.7 Å². The number of pyridine rings is 1. The SMILES string of the molecule is CCCCCCCc1ccc(-c2ccc(CCC3CCC(CCCCCC)CC3)cc2)nc1. The minimum absolute atomic E-state index is 0.952. The molecule has 0 N–H and O–H groups in total. The largest absolute Gasteiger partial charge is 0.256 e. The van der Waals surface area contributed by atoms with Crippen LogP contribution in [0, 0.1) is 11.8 Å². The molecule has 1 fully saturated rings. The van der Waals surface area contributed by atoms with Gasteiger partial charge in [-0.25, -0.2) is 0 Å². The fourth-order valence-corrected chi connectivity index (χ4v) is 5.56. The highest BCUT2D eigenvalue weighted by molar-refractivity contribution is 5.59. The third-order valence-electron chi connectivity index (χ3n) is 7.92. The zero-order chi connectivity index (χ0) is 23.1. The van der Waals surface area contributed by atoms with Crippen LogP contribution in [0.5, 0.6) is 0 Å². The average Bonchev–Trinajstić information content (AvgIpc) is 2.87. The Kier molecular flexibility index (Phi) is 12.1. The maximum atomic E-state index is 4.75. The van der Waals surface area contributed by atoms with Crippen molar-refractivity contribution in [3.63, 3.8) is 0 Å². The van der Waals surface area contributed by atoms with Crippen molar-refractivity contribution in [2.24, 2.45) is 11.8 Å². The second-order valence-electron chi connectivity index (χ2n) is 10.7. The smallest absolute Gasteiger partial charge is 0.0702 e. The second kappa shape index (κ2) is 15.3. The first-order chi connectivity index (χ1) is 16.3. The molecule has 0 radical (unpaired) electrons. The molecular formula is C32H49N. The molecule has 1 saturated carbocycles. The fourth-order valence-electron chi connectivity index (χ4n) is 5.56. The number of nitrogens with zero attached hydrogens (tertiary/aromatic N) is 1. The van der Waals surface area contributed by atoms with E-state index in [-0.39, 0.29) is 0 Å². The van der Waals surface area contributed by atoms with Crippen LogP contribution < -0.4 is 0 Å². The lowest BCUT2D eigenvalue weighted by atomic mass is 9.77. The van der Waals surface area contributed by atoms with Gasteiger partial charge < -0.3 is 0 Å². The van der Waals surface area contributed by atoms with Crippen molar-refractivity contribution in [1.29, 1.82) is 0 Å². The van der Waals surface area contributed by atoms with E-state index in [0.717, 1.165) is 24.0 Å². The van der Waals surface area contributed by atoms with Gasteiger partial charge in [-0.1, -0.05) is 128 Å². The molecule has 0 amide bonds. The third-order valence-corrected chi connectivity index (χ3v) is 7.92. The minimum Gasteiger partial charge on any atom is -0.256 e. The van der Waals surface area contributed by atoms with Gasteiger partial charge in [0.2, 0.25) is 0 Å². The molecule has 1 aromatic carbocycles. The van der Waals surface area contributed by atoms with Crippen molar-refractivity contribution in [2.45, 2.75) is 123 Å². The highest BCUT2D eigenvalue weighted by atomic mass is 14.7. The molecule has 1 nitrogen and oxygen atoms in total. The molecule has 1 aliphatic rings. The van der Waals surface area contributed by atoms with Crippen LogP contribution in [0.4, 0.5) is 0 Å². The zero-order valence-corrected chi connectivity index (χ0v) is 21.7. The standard InChI is InChI=1S/C32H49N/c1-3-5-7-9-11-13-30-22-25-32(33-26-30)31-23-20-29(21-24-31)19-18-28-16-14-27(15-17-28)12-10-8-6-4-2/h20-28H,3-19H2,1-2H3. The first kappa shape index (κ1) is 26.0. The molecule has 33 heavy (non-hydrogen) atoms. The van der Waals surface area contributed by atoms with Gasteiger partial charge in [0.05, 0.1) is 5.69 Å². The molecule has 1 heteroatoms. The molecule has 1 aliphatic carbocycles. The number of aromatic nitrogens is 1. The average molecular weight is 448 g/mol. The Morgan fingerprint density at radius 1 is 0.606 bits per heavy atom. The topological polar surface area (TPSA) is 12.9 Å². The summed E-state index contributed by atoms with van der Waals surface area (Å²) in [7, 11) is 0. The van der Waals surface area contributed by atoms with Crippen molar-refractivity contribution < 1.29 is 0 Å². The van der Waals surface area contributed by atoms with E-state index in [9.17, 15) is 0 Å². The van der Waals surface area contributed by atoms with Gasteiger partial charge in [-0.05, 0) is 54.7 Å². The Hall–Kier alpha value is -1.63. The molecule has 2 aromatic rings. The Bertz CT molecular complexity index is 737. The number of benzene rings is 1. The molecule has 0 atom stereocenters. The van der Waals surface area contributed by atoms with Gasteiger partial charge >= 0.3 is 0 Å². The molecule has 0 unspecified atom stereocenters. The molecule has 0 saturated heterocycles. The van der Waals surface area contributed by atoms with Crippen molar-refractivity contribution in [3.8, 4) is 11.3 Å². The molecular weight excluding hydrogens is 398 g/mol. The predicted octanol–water partition coefficient (Wildman–Crippen LogP) is 9.97. The summed E-state index contributed by atoms with van der Waals surface area (Å²) in [6.07, 6.45) is 25.6. The summed E-state index contributed by atoms with van der Waals surface area (Å²) in [6, 6.07) is 13.7. The van der Waals surface area contributed by atoms with E-state index < -0.39 is 0 Å².